The molecule has 0 saturated carbocycles. The molecule has 0 unspecified atom stereocenters. The second-order valence-corrected chi connectivity index (χ2v) is 6.67. The predicted molar refractivity (Wildman–Crippen MR) is 97.1 cm³/mol. The zero-order valence-corrected chi connectivity index (χ0v) is 15.0. The first-order chi connectivity index (χ1) is 13.2. The first kappa shape index (κ1) is 19.9. The topological polar surface area (TPSA) is 60.8 Å². The third-order valence-electron chi connectivity index (χ3n) is 4.61. The maximum atomic E-state index is 13.3. The van der Waals surface area contributed by atoms with Gasteiger partial charge in [-0.2, -0.15) is 13.2 Å². The molecule has 28 heavy (non-hydrogen) atoms. The molecule has 7 heteroatoms. The zero-order valence-electron chi connectivity index (χ0n) is 15.0. The number of halogens is 3. The number of carbonyl (C=O) groups excluding carboxylic acids is 1. The number of hydrogen-bond donors (Lipinski definition) is 2. The Kier molecular flexibility index (Phi) is 5.45. The van der Waals surface area contributed by atoms with E-state index in [1.807, 2.05) is 0 Å². The smallest absolute Gasteiger partial charge is 0.388 e. The number of amides is 1. The first-order valence-corrected chi connectivity index (χ1v) is 8.61. The lowest BCUT2D eigenvalue weighted by Crippen LogP contribution is -2.28. The molecular weight excluding hydrogens is 371 g/mol. The van der Waals surface area contributed by atoms with Crippen molar-refractivity contribution in [1.82, 2.24) is 4.90 Å². The van der Waals surface area contributed by atoms with E-state index in [2.05, 4.69) is 11.8 Å². The lowest BCUT2D eigenvalue weighted by molar-refractivity contribution is -0.137. The minimum Gasteiger partial charge on any atom is -0.388 e. The van der Waals surface area contributed by atoms with E-state index in [1.54, 1.807) is 31.2 Å². The van der Waals surface area contributed by atoms with Crippen LogP contribution < -0.4 is 0 Å². The highest BCUT2D eigenvalue weighted by atomic mass is 19.4. The van der Waals surface area contributed by atoms with Gasteiger partial charge in [0.05, 0.1) is 30.9 Å². The molecule has 1 fully saturated rings. The number of carbonyl (C=O) groups is 1. The van der Waals surface area contributed by atoms with Gasteiger partial charge in [0.15, 0.2) is 0 Å². The molecule has 1 saturated heterocycles. The van der Waals surface area contributed by atoms with Crippen molar-refractivity contribution in [3.05, 3.63) is 59.2 Å². The number of aliphatic hydroxyl groups is 2. The van der Waals surface area contributed by atoms with Crippen LogP contribution in [0.25, 0.3) is 11.1 Å². The Labute approximate surface area is 160 Å². The van der Waals surface area contributed by atoms with Crippen LogP contribution in [-0.2, 0) is 11.0 Å². The van der Waals surface area contributed by atoms with Gasteiger partial charge in [0, 0.05) is 11.5 Å². The van der Waals surface area contributed by atoms with Crippen molar-refractivity contribution in [2.24, 2.45) is 0 Å². The van der Waals surface area contributed by atoms with Gasteiger partial charge in [0.2, 0.25) is 0 Å². The van der Waals surface area contributed by atoms with Crippen LogP contribution in [0.5, 0.6) is 0 Å². The van der Waals surface area contributed by atoms with Crippen molar-refractivity contribution >= 4 is 5.91 Å². The van der Waals surface area contributed by atoms with Crippen LogP contribution in [0.4, 0.5) is 13.2 Å². The second kappa shape index (κ2) is 7.66. The Morgan fingerprint density at radius 3 is 2.32 bits per heavy atom. The highest BCUT2D eigenvalue weighted by Crippen LogP contribution is 2.38. The number of likely N-dealkylation sites (tertiary alicyclic amines) is 1. The Morgan fingerprint density at radius 2 is 1.71 bits per heavy atom. The molecule has 1 aliphatic heterocycles. The van der Waals surface area contributed by atoms with Gasteiger partial charge in [-0.05, 0) is 41.8 Å². The summed E-state index contributed by atoms with van der Waals surface area (Å²) in [4.78, 5) is 13.3. The van der Waals surface area contributed by atoms with Gasteiger partial charge in [-0.1, -0.05) is 30.2 Å². The van der Waals surface area contributed by atoms with E-state index in [4.69, 9.17) is 0 Å². The number of aliphatic hydroxyl groups excluding tert-OH is 2. The maximum Gasteiger partial charge on any atom is 0.417 e. The van der Waals surface area contributed by atoms with Crippen molar-refractivity contribution < 1.29 is 28.2 Å². The zero-order chi connectivity index (χ0) is 20.5. The highest BCUT2D eigenvalue weighted by Gasteiger charge is 2.33. The standard InChI is InChI=1S/C21H18F3NO3/c1-13-10-14(7-9-20(28)25-11-18(26)19(27)12-25)6-8-15(13)16-4-2-3-5-17(16)21(22,23)24/h2-6,8,10,18-19,26-27H,11-12H2,1H3/t18-,19+. The van der Waals surface area contributed by atoms with Crippen LogP contribution in [0.2, 0.25) is 0 Å². The molecule has 2 aromatic carbocycles. The fraction of sp³-hybridized carbons (Fsp3) is 0.286. The summed E-state index contributed by atoms with van der Waals surface area (Å²) in [6.45, 7) is 1.71. The number of hydrogen-bond acceptors (Lipinski definition) is 3. The fourth-order valence-electron chi connectivity index (χ4n) is 3.15. The van der Waals surface area contributed by atoms with E-state index in [1.165, 1.54) is 17.0 Å². The summed E-state index contributed by atoms with van der Waals surface area (Å²) in [5.74, 6) is 4.60. The Morgan fingerprint density at radius 1 is 1.07 bits per heavy atom. The summed E-state index contributed by atoms with van der Waals surface area (Å²) in [7, 11) is 0. The number of alkyl halides is 3. The quantitative estimate of drug-likeness (QED) is 0.737. The van der Waals surface area contributed by atoms with E-state index >= 15 is 0 Å². The number of rotatable bonds is 1. The lowest BCUT2D eigenvalue weighted by atomic mass is 9.94. The number of β-amino-alcohol motifs (C(OH)–C–C–N with tert-alkyl or cyclic N) is 2. The Hall–Kier alpha value is -2.82. The van der Waals surface area contributed by atoms with Gasteiger partial charge in [0.25, 0.3) is 5.91 Å². The average molecular weight is 389 g/mol. The normalized spacial score (nSPS) is 19.3. The minimum absolute atomic E-state index is 0.0148. The largest absolute Gasteiger partial charge is 0.417 e. The van der Waals surface area contributed by atoms with E-state index in [0.717, 1.165) is 6.07 Å². The molecule has 2 N–H and O–H groups in total. The molecule has 4 nitrogen and oxygen atoms in total. The van der Waals surface area contributed by atoms with Crippen LogP contribution in [0.15, 0.2) is 42.5 Å². The molecule has 0 aliphatic carbocycles. The molecule has 1 heterocycles. The summed E-state index contributed by atoms with van der Waals surface area (Å²) < 4.78 is 39.8. The van der Waals surface area contributed by atoms with Crippen LogP contribution >= 0.6 is 0 Å². The molecular formula is C21H18F3NO3. The van der Waals surface area contributed by atoms with Crippen LogP contribution in [0.1, 0.15) is 16.7 Å². The summed E-state index contributed by atoms with van der Waals surface area (Å²) in [6.07, 6.45) is -6.43. The number of nitrogens with zero attached hydrogens (tertiary/aromatic N) is 1. The van der Waals surface area contributed by atoms with Gasteiger partial charge < -0.3 is 15.1 Å². The summed E-state index contributed by atoms with van der Waals surface area (Å²) in [5.41, 5.74) is 0.902. The highest BCUT2D eigenvalue weighted by molar-refractivity contribution is 5.94. The molecule has 0 radical (unpaired) electrons. The van der Waals surface area contributed by atoms with Crippen LogP contribution in [-0.4, -0.2) is 46.3 Å². The summed E-state index contributed by atoms with van der Waals surface area (Å²) in [5, 5.41) is 19.0. The third kappa shape index (κ3) is 4.19. The summed E-state index contributed by atoms with van der Waals surface area (Å²) >= 11 is 0. The van der Waals surface area contributed by atoms with Gasteiger partial charge in [-0.15, -0.1) is 0 Å². The lowest BCUT2D eigenvalue weighted by Gasteiger charge is -2.14. The molecule has 1 amide bonds. The average Bonchev–Trinajstić information content (AvgIpc) is 2.98. The molecule has 1 aliphatic rings. The maximum absolute atomic E-state index is 13.3. The molecule has 0 spiro atoms. The second-order valence-electron chi connectivity index (χ2n) is 6.67. The van der Waals surface area contributed by atoms with Crippen LogP contribution in [0, 0.1) is 18.8 Å². The van der Waals surface area contributed by atoms with Crippen molar-refractivity contribution in [3.63, 3.8) is 0 Å². The summed E-state index contributed by atoms with van der Waals surface area (Å²) in [6, 6.07) is 10.1. The Balaban J connectivity index is 1.85. The first-order valence-electron chi connectivity index (χ1n) is 8.61. The van der Waals surface area contributed by atoms with Gasteiger partial charge in [0.1, 0.15) is 0 Å². The molecule has 0 bridgehead atoms. The molecule has 2 aromatic rings. The number of benzene rings is 2. The third-order valence-corrected chi connectivity index (χ3v) is 4.61. The monoisotopic (exact) mass is 389 g/mol. The van der Waals surface area contributed by atoms with Gasteiger partial charge >= 0.3 is 6.18 Å². The van der Waals surface area contributed by atoms with Crippen LogP contribution in [0.3, 0.4) is 0 Å². The fourth-order valence-corrected chi connectivity index (χ4v) is 3.15. The minimum atomic E-state index is -4.46. The molecule has 0 aromatic heterocycles. The van der Waals surface area contributed by atoms with Crippen molar-refractivity contribution in [2.75, 3.05) is 13.1 Å². The van der Waals surface area contributed by atoms with Gasteiger partial charge in [-0.3, -0.25) is 4.79 Å². The van der Waals surface area contributed by atoms with Gasteiger partial charge in [-0.25, -0.2) is 0 Å². The molecule has 3 rings (SSSR count). The van der Waals surface area contributed by atoms with Crippen molar-refractivity contribution in [2.45, 2.75) is 25.3 Å². The van der Waals surface area contributed by atoms with Crippen molar-refractivity contribution in [3.8, 4) is 23.0 Å². The predicted octanol–water partition coefficient (Wildman–Crippen LogP) is 2.60. The van der Waals surface area contributed by atoms with E-state index < -0.39 is 29.9 Å². The molecule has 146 valence electrons. The van der Waals surface area contributed by atoms with E-state index in [-0.39, 0.29) is 18.7 Å². The molecule has 2 atom stereocenters. The van der Waals surface area contributed by atoms with E-state index in [0.29, 0.717) is 16.7 Å². The SMILES string of the molecule is Cc1cc(C#CC(=O)N2C[C@@H](O)[C@@H](O)C2)ccc1-c1ccccc1C(F)(F)F. The number of aryl methyl sites for hydroxylation is 1. The Bertz CT molecular complexity index is 949. The van der Waals surface area contributed by atoms with Crippen molar-refractivity contribution in [1.29, 1.82) is 0 Å². The van der Waals surface area contributed by atoms with E-state index in [9.17, 15) is 28.2 Å².